The Balaban J connectivity index is 0.00000288. The number of hydrogen-bond donors (Lipinski definition) is 3. The Bertz CT molecular complexity index is 554. The summed E-state index contributed by atoms with van der Waals surface area (Å²) in [6, 6.07) is 2.88. The first-order valence-electron chi connectivity index (χ1n) is 8.19. The molecule has 0 aromatic heterocycles. The van der Waals surface area contributed by atoms with Gasteiger partial charge in [-0.2, -0.15) is 0 Å². The summed E-state index contributed by atoms with van der Waals surface area (Å²) in [5.74, 6) is -1.09. The van der Waals surface area contributed by atoms with Crippen LogP contribution >= 0.6 is 24.8 Å². The second-order valence-corrected chi connectivity index (χ2v) is 5.96. The van der Waals surface area contributed by atoms with Crippen LogP contribution in [0.15, 0.2) is 12.1 Å². The van der Waals surface area contributed by atoms with Gasteiger partial charge in [-0.3, -0.25) is 15.0 Å². The number of halogens is 2. The summed E-state index contributed by atoms with van der Waals surface area (Å²) in [6.07, 6.45) is 4.12. The van der Waals surface area contributed by atoms with Crippen LogP contribution in [0.5, 0.6) is 11.5 Å². The van der Waals surface area contributed by atoms with Crippen molar-refractivity contribution in [2.75, 3.05) is 26.2 Å². The molecule has 1 aliphatic heterocycles. The van der Waals surface area contributed by atoms with Crippen LogP contribution in [0.4, 0.5) is 5.69 Å². The van der Waals surface area contributed by atoms with Gasteiger partial charge < -0.3 is 15.5 Å². The van der Waals surface area contributed by atoms with E-state index in [0.717, 1.165) is 51.9 Å². The average molecular weight is 396 g/mol. The maximum Gasteiger partial charge on any atom is 0.314 e. The first-order chi connectivity index (χ1) is 11.0. The van der Waals surface area contributed by atoms with E-state index in [2.05, 4.69) is 17.1 Å². The Labute approximate surface area is 160 Å². The lowest BCUT2D eigenvalue weighted by Crippen LogP contribution is -2.45. The van der Waals surface area contributed by atoms with Crippen molar-refractivity contribution in [3.63, 3.8) is 0 Å². The molecule has 1 aromatic rings. The third-order valence-electron chi connectivity index (χ3n) is 4.35. The van der Waals surface area contributed by atoms with Crippen molar-refractivity contribution in [3.8, 4) is 11.5 Å². The lowest BCUT2D eigenvalue weighted by Gasteiger charge is -2.35. The number of nitro benzene ring substituents is 1. The van der Waals surface area contributed by atoms with E-state index >= 15 is 0 Å². The zero-order chi connectivity index (χ0) is 16.8. The number of hydrogen-bond acceptors (Lipinski definition) is 6. The predicted molar refractivity (Wildman–Crippen MR) is 102 cm³/mol. The third kappa shape index (κ3) is 6.18. The molecule has 0 bridgehead atoms. The van der Waals surface area contributed by atoms with Crippen molar-refractivity contribution in [3.05, 3.63) is 27.8 Å². The molecule has 1 aromatic carbocycles. The molecule has 3 N–H and O–H groups in total. The summed E-state index contributed by atoms with van der Waals surface area (Å²) in [4.78, 5) is 12.7. The number of phenols is 2. The summed E-state index contributed by atoms with van der Waals surface area (Å²) in [7, 11) is 0. The van der Waals surface area contributed by atoms with Gasteiger partial charge in [-0.15, -0.1) is 24.8 Å². The summed E-state index contributed by atoms with van der Waals surface area (Å²) < 4.78 is 0. The molecule has 0 saturated carbocycles. The zero-order valence-electron chi connectivity index (χ0n) is 14.3. The number of aromatic hydroxyl groups is 2. The van der Waals surface area contributed by atoms with E-state index < -0.39 is 22.1 Å². The van der Waals surface area contributed by atoms with Gasteiger partial charge in [0.2, 0.25) is 5.75 Å². The van der Waals surface area contributed by atoms with Gasteiger partial charge in [0.1, 0.15) is 0 Å². The largest absolute Gasteiger partial charge is 0.504 e. The SMILES string of the molecule is CCCCC[C@@H](c1cc(O)c(O)c([N+](=O)[O-])c1)N1CCNCC1.Cl.Cl. The van der Waals surface area contributed by atoms with E-state index in [1.165, 1.54) is 12.1 Å². The molecule has 1 heterocycles. The second-order valence-electron chi connectivity index (χ2n) is 5.96. The van der Waals surface area contributed by atoms with Gasteiger partial charge >= 0.3 is 5.69 Å². The third-order valence-corrected chi connectivity index (χ3v) is 4.35. The van der Waals surface area contributed by atoms with Crippen molar-refractivity contribution < 1.29 is 15.1 Å². The topological polar surface area (TPSA) is 98.9 Å². The maximum atomic E-state index is 11.1. The van der Waals surface area contributed by atoms with Crippen LogP contribution in [0.1, 0.15) is 44.2 Å². The van der Waals surface area contributed by atoms with Crippen molar-refractivity contribution >= 4 is 30.5 Å². The highest BCUT2D eigenvalue weighted by Gasteiger charge is 2.26. The number of benzene rings is 1. The highest BCUT2D eigenvalue weighted by atomic mass is 35.5. The molecule has 0 aliphatic carbocycles. The van der Waals surface area contributed by atoms with Crippen LogP contribution in [0.2, 0.25) is 0 Å². The molecule has 0 amide bonds. The Morgan fingerprint density at radius 1 is 1.24 bits per heavy atom. The van der Waals surface area contributed by atoms with Gasteiger partial charge in [-0.1, -0.05) is 26.2 Å². The lowest BCUT2D eigenvalue weighted by atomic mass is 9.97. The van der Waals surface area contributed by atoms with Crippen LogP contribution in [0, 0.1) is 10.1 Å². The van der Waals surface area contributed by atoms with Crippen molar-refractivity contribution in [1.82, 2.24) is 10.2 Å². The van der Waals surface area contributed by atoms with E-state index in [9.17, 15) is 20.3 Å². The first kappa shape index (κ1) is 23.7. The molecular formula is C16H27Cl2N3O4. The molecule has 9 heteroatoms. The smallest absolute Gasteiger partial charge is 0.314 e. The molecule has 0 unspecified atom stereocenters. The fraction of sp³-hybridized carbons (Fsp3) is 0.625. The molecule has 1 atom stereocenters. The van der Waals surface area contributed by atoms with Crippen LogP contribution in [0.3, 0.4) is 0 Å². The fourth-order valence-corrected chi connectivity index (χ4v) is 3.10. The molecule has 144 valence electrons. The van der Waals surface area contributed by atoms with Gasteiger partial charge in [0.25, 0.3) is 0 Å². The Kier molecular flexibility index (Phi) is 10.8. The average Bonchev–Trinajstić information content (AvgIpc) is 2.55. The monoisotopic (exact) mass is 395 g/mol. The van der Waals surface area contributed by atoms with Gasteiger partial charge in [0, 0.05) is 38.3 Å². The summed E-state index contributed by atoms with van der Waals surface area (Å²) in [5.41, 5.74) is 0.264. The van der Waals surface area contributed by atoms with Crippen LogP contribution < -0.4 is 5.32 Å². The van der Waals surface area contributed by atoms with Crippen molar-refractivity contribution in [2.24, 2.45) is 0 Å². The normalized spacial score (nSPS) is 15.7. The van der Waals surface area contributed by atoms with E-state index in [1.807, 2.05) is 0 Å². The Morgan fingerprint density at radius 2 is 1.88 bits per heavy atom. The summed E-state index contributed by atoms with van der Waals surface area (Å²) in [6.45, 7) is 5.64. The highest BCUT2D eigenvalue weighted by Crippen LogP contribution is 2.40. The summed E-state index contributed by atoms with van der Waals surface area (Å²) >= 11 is 0. The molecule has 7 nitrogen and oxygen atoms in total. The number of nitrogens with zero attached hydrogens (tertiary/aromatic N) is 2. The van der Waals surface area contributed by atoms with Gasteiger partial charge in [0.05, 0.1) is 4.92 Å². The van der Waals surface area contributed by atoms with E-state index in [1.54, 1.807) is 0 Å². The van der Waals surface area contributed by atoms with E-state index in [4.69, 9.17) is 0 Å². The van der Waals surface area contributed by atoms with E-state index in [0.29, 0.717) is 5.56 Å². The van der Waals surface area contributed by atoms with Gasteiger partial charge in [0.15, 0.2) is 5.75 Å². The highest BCUT2D eigenvalue weighted by molar-refractivity contribution is 5.85. The Morgan fingerprint density at radius 3 is 2.44 bits per heavy atom. The number of rotatable bonds is 7. The molecule has 25 heavy (non-hydrogen) atoms. The minimum absolute atomic E-state index is 0. The van der Waals surface area contributed by atoms with Crippen LogP contribution in [-0.4, -0.2) is 46.2 Å². The van der Waals surface area contributed by atoms with E-state index in [-0.39, 0.29) is 30.9 Å². The zero-order valence-corrected chi connectivity index (χ0v) is 15.9. The molecular weight excluding hydrogens is 369 g/mol. The minimum atomic E-state index is -0.661. The molecule has 1 fully saturated rings. The summed E-state index contributed by atoms with van der Waals surface area (Å²) in [5, 5.41) is 33.9. The number of phenolic OH excluding ortho intramolecular Hbond substituents is 2. The molecule has 1 aliphatic rings. The number of piperazine rings is 1. The minimum Gasteiger partial charge on any atom is -0.504 e. The maximum absolute atomic E-state index is 11.1. The fourth-order valence-electron chi connectivity index (χ4n) is 3.10. The number of nitro groups is 1. The van der Waals surface area contributed by atoms with Crippen LogP contribution in [0.25, 0.3) is 0 Å². The molecule has 1 saturated heterocycles. The van der Waals surface area contributed by atoms with Crippen molar-refractivity contribution in [2.45, 2.75) is 38.6 Å². The van der Waals surface area contributed by atoms with Gasteiger partial charge in [-0.05, 0) is 18.1 Å². The standard InChI is InChI=1S/C16H25N3O4.2ClH/c1-2-3-4-5-13(18-8-6-17-7-9-18)12-10-14(19(22)23)16(21)15(20)11-12;;/h10-11,13,17,20-21H,2-9H2,1H3;2*1H/t13-;;/m0../s1. The second kappa shape index (κ2) is 11.4. The quantitative estimate of drug-likeness (QED) is 0.283. The van der Waals surface area contributed by atoms with Crippen molar-refractivity contribution in [1.29, 1.82) is 0 Å². The molecule has 0 radical (unpaired) electrons. The first-order valence-corrected chi connectivity index (χ1v) is 8.19. The Hall–Kier alpha value is -1.28. The molecule has 2 rings (SSSR count). The lowest BCUT2D eigenvalue weighted by molar-refractivity contribution is -0.386. The number of nitrogens with one attached hydrogen (secondary N) is 1. The van der Waals surface area contributed by atoms with Crippen LogP contribution in [-0.2, 0) is 0 Å². The number of unbranched alkanes of at least 4 members (excludes halogenated alkanes) is 2. The van der Waals surface area contributed by atoms with Gasteiger partial charge in [-0.25, -0.2) is 0 Å². The molecule has 0 spiro atoms. The predicted octanol–water partition coefficient (Wildman–Crippen LogP) is 3.38.